The number of nitrogens with two attached hydrogens (primary N) is 1. The molecule has 96 valence electrons. The molecule has 0 radical (unpaired) electrons. The second-order valence-corrected chi connectivity index (χ2v) is 4.87. The van der Waals surface area contributed by atoms with E-state index in [1.54, 1.807) is 6.07 Å². The molecule has 0 bridgehead atoms. The van der Waals surface area contributed by atoms with Crippen molar-refractivity contribution in [2.45, 2.75) is 12.5 Å². The zero-order chi connectivity index (χ0) is 13.5. The molecule has 19 heavy (non-hydrogen) atoms. The first kappa shape index (κ1) is 11.9. The van der Waals surface area contributed by atoms with Crippen molar-refractivity contribution in [1.82, 2.24) is 0 Å². The maximum Gasteiger partial charge on any atom is 0.316 e. The number of hydrogen-bond donors (Lipinski definition) is 1. The standard InChI is InChI=1S/C16H15NO2/c1-11-15(18)19-14-10-6-5-9-13(14)16(11,17)12-7-3-2-4-8-12/h2-11H,17H2,1H3. The molecular formula is C16H15NO2. The fraction of sp³-hybridized carbons (Fsp3) is 0.188. The first-order valence-corrected chi connectivity index (χ1v) is 6.29. The second kappa shape index (κ2) is 4.21. The van der Waals surface area contributed by atoms with Crippen LogP contribution in [0.3, 0.4) is 0 Å². The Balaban J connectivity index is 2.26. The van der Waals surface area contributed by atoms with Gasteiger partial charge in [0.1, 0.15) is 5.75 Å². The van der Waals surface area contributed by atoms with E-state index in [1.165, 1.54) is 0 Å². The van der Waals surface area contributed by atoms with E-state index in [4.69, 9.17) is 10.5 Å². The van der Waals surface area contributed by atoms with Crippen LogP contribution in [0.2, 0.25) is 0 Å². The summed E-state index contributed by atoms with van der Waals surface area (Å²) in [6.45, 7) is 1.81. The summed E-state index contributed by atoms with van der Waals surface area (Å²) in [5.74, 6) is -0.160. The minimum atomic E-state index is -0.840. The van der Waals surface area contributed by atoms with Gasteiger partial charge in [0.25, 0.3) is 0 Å². The topological polar surface area (TPSA) is 52.3 Å². The van der Waals surface area contributed by atoms with Gasteiger partial charge in [0.2, 0.25) is 0 Å². The van der Waals surface area contributed by atoms with E-state index in [9.17, 15) is 4.79 Å². The molecule has 1 aliphatic heterocycles. The van der Waals surface area contributed by atoms with Crippen LogP contribution in [0, 0.1) is 5.92 Å². The zero-order valence-electron chi connectivity index (χ0n) is 10.7. The highest BCUT2D eigenvalue weighted by Gasteiger charge is 2.46. The monoisotopic (exact) mass is 253 g/mol. The van der Waals surface area contributed by atoms with Crippen LogP contribution in [0.4, 0.5) is 0 Å². The fourth-order valence-electron chi connectivity index (χ4n) is 2.63. The molecule has 0 saturated carbocycles. The Hall–Kier alpha value is -2.13. The normalized spacial score (nSPS) is 25.6. The molecule has 0 aliphatic carbocycles. The van der Waals surface area contributed by atoms with E-state index in [0.29, 0.717) is 5.75 Å². The van der Waals surface area contributed by atoms with Gasteiger partial charge < -0.3 is 10.5 Å². The molecule has 2 aromatic rings. The predicted molar refractivity (Wildman–Crippen MR) is 72.7 cm³/mol. The summed E-state index contributed by atoms with van der Waals surface area (Å²) in [6.07, 6.45) is 0. The van der Waals surface area contributed by atoms with Crippen molar-refractivity contribution in [3.63, 3.8) is 0 Å². The summed E-state index contributed by atoms with van der Waals surface area (Å²) in [5, 5.41) is 0. The third-order valence-electron chi connectivity index (χ3n) is 3.83. The highest BCUT2D eigenvalue weighted by atomic mass is 16.5. The lowest BCUT2D eigenvalue weighted by Gasteiger charge is -2.39. The van der Waals surface area contributed by atoms with Crippen LogP contribution < -0.4 is 10.5 Å². The molecule has 2 aromatic carbocycles. The third-order valence-corrected chi connectivity index (χ3v) is 3.83. The molecule has 0 fully saturated rings. The largest absolute Gasteiger partial charge is 0.426 e. The third kappa shape index (κ3) is 1.66. The number of para-hydroxylation sites is 1. The number of carbonyl (C=O) groups is 1. The van der Waals surface area contributed by atoms with Crippen molar-refractivity contribution >= 4 is 5.97 Å². The number of benzene rings is 2. The average Bonchev–Trinajstić information content (AvgIpc) is 2.46. The van der Waals surface area contributed by atoms with Crippen molar-refractivity contribution in [1.29, 1.82) is 0 Å². The van der Waals surface area contributed by atoms with Crippen molar-refractivity contribution in [2.75, 3.05) is 0 Å². The molecule has 1 heterocycles. The van der Waals surface area contributed by atoms with Crippen LogP contribution in [0.25, 0.3) is 0 Å². The van der Waals surface area contributed by atoms with Gasteiger partial charge >= 0.3 is 5.97 Å². The molecule has 0 aromatic heterocycles. The van der Waals surface area contributed by atoms with Gasteiger partial charge in [-0.3, -0.25) is 4.79 Å². The molecule has 3 heteroatoms. The van der Waals surface area contributed by atoms with Crippen molar-refractivity contribution in [2.24, 2.45) is 11.7 Å². The molecule has 2 unspecified atom stereocenters. The summed E-state index contributed by atoms with van der Waals surface area (Å²) in [5.41, 5.74) is 7.56. The highest BCUT2D eigenvalue weighted by Crippen LogP contribution is 2.43. The van der Waals surface area contributed by atoms with E-state index in [2.05, 4.69) is 0 Å². The number of carbonyl (C=O) groups excluding carboxylic acids is 1. The first-order chi connectivity index (χ1) is 9.14. The number of rotatable bonds is 1. The van der Waals surface area contributed by atoms with E-state index in [0.717, 1.165) is 11.1 Å². The summed E-state index contributed by atoms with van der Waals surface area (Å²) < 4.78 is 5.34. The Kier molecular flexibility index (Phi) is 2.64. The smallest absolute Gasteiger partial charge is 0.316 e. The maximum absolute atomic E-state index is 12.0. The van der Waals surface area contributed by atoms with Gasteiger partial charge in [-0.15, -0.1) is 0 Å². The van der Waals surface area contributed by atoms with Crippen LogP contribution in [0.1, 0.15) is 18.1 Å². The van der Waals surface area contributed by atoms with Gasteiger partial charge in [-0.2, -0.15) is 0 Å². The Bertz CT molecular complexity index is 624. The summed E-state index contributed by atoms with van der Waals surface area (Å²) in [6, 6.07) is 17.2. The van der Waals surface area contributed by atoms with Gasteiger partial charge in [0.05, 0.1) is 11.5 Å². The van der Waals surface area contributed by atoms with E-state index >= 15 is 0 Å². The van der Waals surface area contributed by atoms with Crippen LogP contribution >= 0.6 is 0 Å². The van der Waals surface area contributed by atoms with E-state index in [-0.39, 0.29) is 5.97 Å². The van der Waals surface area contributed by atoms with Gasteiger partial charge in [-0.1, -0.05) is 48.5 Å². The SMILES string of the molecule is CC1C(=O)Oc2ccccc2C1(N)c1ccccc1. The van der Waals surface area contributed by atoms with E-state index in [1.807, 2.05) is 55.5 Å². The van der Waals surface area contributed by atoms with Crippen molar-refractivity contribution < 1.29 is 9.53 Å². The number of ether oxygens (including phenoxy) is 1. The second-order valence-electron chi connectivity index (χ2n) is 4.87. The highest BCUT2D eigenvalue weighted by molar-refractivity contribution is 5.81. The van der Waals surface area contributed by atoms with Crippen LogP contribution in [-0.4, -0.2) is 5.97 Å². The molecule has 0 saturated heterocycles. The Morgan fingerprint density at radius 3 is 2.42 bits per heavy atom. The minimum absolute atomic E-state index is 0.287. The Morgan fingerprint density at radius 1 is 1.05 bits per heavy atom. The van der Waals surface area contributed by atoms with Crippen molar-refractivity contribution in [3.8, 4) is 5.75 Å². The van der Waals surface area contributed by atoms with Crippen LogP contribution in [0.5, 0.6) is 5.75 Å². The fourth-order valence-corrected chi connectivity index (χ4v) is 2.63. The number of fused-ring (bicyclic) bond motifs is 1. The molecule has 3 nitrogen and oxygen atoms in total. The first-order valence-electron chi connectivity index (χ1n) is 6.29. The molecule has 2 N–H and O–H groups in total. The molecule has 2 atom stereocenters. The average molecular weight is 253 g/mol. The maximum atomic E-state index is 12.0. The lowest BCUT2D eigenvalue weighted by Crippen LogP contribution is -2.51. The molecular weight excluding hydrogens is 238 g/mol. The quantitative estimate of drug-likeness (QED) is 0.627. The Labute approximate surface area is 112 Å². The van der Waals surface area contributed by atoms with Crippen molar-refractivity contribution in [3.05, 3.63) is 65.7 Å². The zero-order valence-corrected chi connectivity index (χ0v) is 10.7. The Morgan fingerprint density at radius 2 is 1.68 bits per heavy atom. The molecule has 3 rings (SSSR count). The minimum Gasteiger partial charge on any atom is -0.426 e. The summed E-state index contributed by atoms with van der Waals surface area (Å²) in [4.78, 5) is 12.0. The number of hydrogen-bond acceptors (Lipinski definition) is 3. The van der Waals surface area contributed by atoms with Gasteiger partial charge in [0, 0.05) is 5.56 Å². The molecule has 0 spiro atoms. The lowest BCUT2D eigenvalue weighted by atomic mass is 9.73. The summed E-state index contributed by atoms with van der Waals surface area (Å²) in [7, 11) is 0. The summed E-state index contributed by atoms with van der Waals surface area (Å²) >= 11 is 0. The van der Waals surface area contributed by atoms with Crippen LogP contribution in [-0.2, 0) is 10.3 Å². The molecule has 1 aliphatic rings. The predicted octanol–water partition coefficient (Wildman–Crippen LogP) is 2.44. The lowest BCUT2D eigenvalue weighted by molar-refractivity contribution is -0.142. The van der Waals surface area contributed by atoms with Crippen LogP contribution in [0.15, 0.2) is 54.6 Å². The van der Waals surface area contributed by atoms with Gasteiger partial charge in [-0.25, -0.2) is 0 Å². The van der Waals surface area contributed by atoms with Gasteiger partial charge in [0.15, 0.2) is 0 Å². The molecule has 0 amide bonds. The van der Waals surface area contributed by atoms with E-state index < -0.39 is 11.5 Å². The number of esters is 1. The van der Waals surface area contributed by atoms with Gasteiger partial charge in [-0.05, 0) is 18.6 Å².